The highest BCUT2D eigenvalue weighted by Gasteiger charge is 2.37. The fraction of sp³-hybridized carbons (Fsp3) is 0.412. The minimum Gasteiger partial charge on any atom is -0.453 e. The lowest BCUT2D eigenvalue weighted by atomic mass is 10.0. The number of carbonyl (C=O) groups excluding carboxylic acids is 2. The molecular formula is C34H41N7O3S. The zero-order chi connectivity index (χ0) is 31.5. The molecule has 2 aliphatic rings. The Bertz CT molecular complexity index is 1620. The first-order valence-electron chi connectivity index (χ1n) is 15.6. The van der Waals surface area contributed by atoms with Gasteiger partial charge in [0.2, 0.25) is 5.91 Å². The van der Waals surface area contributed by atoms with Crippen molar-refractivity contribution in [2.45, 2.75) is 56.5 Å². The molecule has 45 heavy (non-hydrogen) atoms. The maximum Gasteiger partial charge on any atom is 0.407 e. The molecule has 2 aromatic heterocycles. The summed E-state index contributed by atoms with van der Waals surface area (Å²) in [6.07, 6.45) is 8.09. The minimum atomic E-state index is -0.659. The number of alkyl carbamates (subject to hydrolysis) is 1. The lowest BCUT2D eigenvalue weighted by Crippen LogP contribution is -2.51. The number of rotatable bonds is 9. The van der Waals surface area contributed by atoms with Gasteiger partial charge >= 0.3 is 6.09 Å². The van der Waals surface area contributed by atoms with Crippen molar-refractivity contribution < 1.29 is 14.3 Å². The summed E-state index contributed by atoms with van der Waals surface area (Å²) in [6.45, 7) is 5.47. The highest BCUT2D eigenvalue weighted by atomic mass is 32.2. The van der Waals surface area contributed by atoms with Gasteiger partial charge in [-0.25, -0.2) is 14.8 Å². The zero-order valence-electron chi connectivity index (χ0n) is 26.2. The highest BCUT2D eigenvalue weighted by Crippen LogP contribution is 2.34. The predicted molar refractivity (Wildman–Crippen MR) is 178 cm³/mol. The molecule has 4 heterocycles. The fourth-order valence-corrected chi connectivity index (χ4v) is 6.93. The van der Waals surface area contributed by atoms with Crippen molar-refractivity contribution in [2.24, 2.45) is 5.92 Å². The summed E-state index contributed by atoms with van der Waals surface area (Å²) in [6, 6.07) is 16.4. The Hall–Kier alpha value is -4.09. The van der Waals surface area contributed by atoms with E-state index in [1.807, 2.05) is 42.9 Å². The first kappa shape index (κ1) is 30.9. The largest absolute Gasteiger partial charge is 0.453 e. The van der Waals surface area contributed by atoms with Crippen molar-refractivity contribution in [1.29, 1.82) is 0 Å². The molecule has 0 aliphatic carbocycles. The summed E-state index contributed by atoms with van der Waals surface area (Å²) in [4.78, 5) is 43.5. The third kappa shape index (κ3) is 6.64. The van der Waals surface area contributed by atoms with Crippen LogP contribution in [0.25, 0.3) is 33.6 Å². The van der Waals surface area contributed by atoms with Crippen LogP contribution in [0.2, 0.25) is 0 Å². The lowest BCUT2D eigenvalue weighted by molar-refractivity contribution is -0.135. The van der Waals surface area contributed by atoms with Gasteiger partial charge in [0.25, 0.3) is 0 Å². The van der Waals surface area contributed by atoms with E-state index in [-0.39, 0.29) is 23.9 Å². The molecule has 4 N–H and O–H groups in total. The predicted octanol–water partition coefficient (Wildman–Crippen LogP) is 5.94. The van der Waals surface area contributed by atoms with Gasteiger partial charge in [-0.15, -0.1) is 0 Å². The van der Waals surface area contributed by atoms with Gasteiger partial charge in [-0.3, -0.25) is 4.79 Å². The second kappa shape index (κ2) is 13.5. The number of ether oxygens (including phenoxy) is 1. The zero-order valence-corrected chi connectivity index (χ0v) is 27.0. The number of imidazole rings is 2. The van der Waals surface area contributed by atoms with Crippen LogP contribution >= 0.6 is 11.8 Å². The topological polar surface area (TPSA) is 128 Å². The molecule has 6 rings (SSSR count). The molecule has 10 nitrogen and oxygen atoms in total. The van der Waals surface area contributed by atoms with Gasteiger partial charge < -0.3 is 30.2 Å². The standard InChI is InChI=1S/C34H41N7O3S/c1-20(2)30(40-34(43)44-3)33(42)41-15-5-6-29(41)32-37-19-28(39-32)24-13-9-22(10-14-24)21-7-11-23(12-8-21)27-18-36-31(38-27)26-16-25(45-4)17-35-26/h7-14,18-20,25-26,29-30,35H,5-6,15-17H2,1-4H3,(H,36,38)(H,37,39)(H,40,43)/t25-,26-,29-,30-/m0/s1. The number of aromatic nitrogens is 4. The number of benzene rings is 2. The van der Waals surface area contributed by atoms with Crippen LogP contribution in [0.4, 0.5) is 4.79 Å². The first-order chi connectivity index (χ1) is 21.8. The van der Waals surface area contributed by atoms with Crippen LogP contribution in [-0.4, -0.2) is 74.6 Å². The maximum atomic E-state index is 13.5. The molecule has 4 atom stereocenters. The number of amides is 2. The molecular weight excluding hydrogens is 586 g/mol. The summed E-state index contributed by atoms with van der Waals surface area (Å²) in [5.41, 5.74) is 6.31. The third-order valence-electron chi connectivity index (χ3n) is 8.91. The molecule has 11 heteroatoms. The molecule has 2 amide bonds. The fourth-order valence-electron chi connectivity index (χ4n) is 6.28. The number of H-pyrrole nitrogens is 2. The van der Waals surface area contributed by atoms with Gasteiger partial charge in [-0.2, -0.15) is 11.8 Å². The highest BCUT2D eigenvalue weighted by molar-refractivity contribution is 7.99. The number of methoxy groups -OCH3 is 1. The molecule has 4 aromatic rings. The second-order valence-corrected chi connectivity index (χ2v) is 13.3. The van der Waals surface area contributed by atoms with Gasteiger partial charge in [-0.05, 0) is 53.7 Å². The van der Waals surface area contributed by atoms with Crippen molar-refractivity contribution in [3.05, 3.63) is 72.6 Å². The molecule has 2 aromatic carbocycles. The van der Waals surface area contributed by atoms with Gasteiger partial charge in [0, 0.05) is 18.3 Å². The molecule has 2 aliphatic heterocycles. The van der Waals surface area contributed by atoms with Crippen LogP contribution in [0.5, 0.6) is 0 Å². The Morgan fingerprint density at radius 3 is 2.07 bits per heavy atom. The molecule has 0 saturated carbocycles. The number of carbonyl (C=O) groups is 2. The summed E-state index contributed by atoms with van der Waals surface area (Å²) < 4.78 is 4.74. The van der Waals surface area contributed by atoms with E-state index < -0.39 is 12.1 Å². The molecule has 0 spiro atoms. The van der Waals surface area contributed by atoms with Crippen LogP contribution < -0.4 is 10.6 Å². The third-order valence-corrected chi connectivity index (χ3v) is 9.94. The van der Waals surface area contributed by atoms with E-state index in [1.165, 1.54) is 7.11 Å². The number of hydrogen-bond donors (Lipinski definition) is 4. The van der Waals surface area contributed by atoms with Crippen LogP contribution in [0.15, 0.2) is 60.9 Å². The SMILES string of the molecule is COC(=O)N[C@H](C(=O)N1CCC[C@H]1c1ncc(-c2ccc(-c3ccc(-c4cnc([C@@H]5C[C@H](SC)CN5)[nH]4)cc3)cc2)[nH]1)C(C)C. The van der Waals surface area contributed by atoms with Gasteiger partial charge in [0.1, 0.15) is 17.7 Å². The first-order valence-corrected chi connectivity index (χ1v) is 16.9. The lowest BCUT2D eigenvalue weighted by Gasteiger charge is -2.30. The Morgan fingerprint density at radius 2 is 1.51 bits per heavy atom. The second-order valence-electron chi connectivity index (χ2n) is 12.1. The number of aromatic amines is 2. The average Bonchev–Trinajstić information content (AvgIpc) is 3.89. The summed E-state index contributed by atoms with van der Waals surface area (Å²) in [7, 11) is 1.30. The summed E-state index contributed by atoms with van der Waals surface area (Å²) in [5, 5.41) is 6.91. The smallest absolute Gasteiger partial charge is 0.407 e. The molecule has 0 unspecified atom stereocenters. The normalized spacial score (nSPS) is 20.5. The van der Waals surface area contributed by atoms with Crippen molar-refractivity contribution >= 4 is 23.8 Å². The number of nitrogens with one attached hydrogen (secondary N) is 4. The van der Waals surface area contributed by atoms with Gasteiger partial charge in [0.05, 0.1) is 43.0 Å². The molecule has 0 bridgehead atoms. The Labute approximate surface area is 268 Å². The van der Waals surface area contributed by atoms with Crippen molar-refractivity contribution in [2.75, 3.05) is 26.5 Å². The molecule has 236 valence electrons. The van der Waals surface area contributed by atoms with Crippen LogP contribution in [0, 0.1) is 5.92 Å². The Kier molecular flexibility index (Phi) is 9.27. The van der Waals surface area contributed by atoms with E-state index in [2.05, 4.69) is 85.4 Å². The molecule has 2 fully saturated rings. The molecule has 2 saturated heterocycles. The van der Waals surface area contributed by atoms with Crippen LogP contribution in [-0.2, 0) is 9.53 Å². The monoisotopic (exact) mass is 627 g/mol. The quantitative estimate of drug-likeness (QED) is 0.181. The van der Waals surface area contributed by atoms with E-state index >= 15 is 0 Å². The van der Waals surface area contributed by atoms with E-state index in [4.69, 9.17) is 4.74 Å². The van der Waals surface area contributed by atoms with E-state index in [0.717, 1.165) is 71.1 Å². The van der Waals surface area contributed by atoms with E-state index in [9.17, 15) is 9.59 Å². The maximum absolute atomic E-state index is 13.5. The van der Waals surface area contributed by atoms with Gasteiger partial charge in [-0.1, -0.05) is 62.4 Å². The number of likely N-dealkylation sites (tertiary alicyclic amines) is 1. The van der Waals surface area contributed by atoms with E-state index in [1.54, 1.807) is 0 Å². The van der Waals surface area contributed by atoms with Crippen LogP contribution in [0.3, 0.4) is 0 Å². The summed E-state index contributed by atoms with van der Waals surface area (Å²) in [5.74, 6) is 1.57. The van der Waals surface area contributed by atoms with Crippen LogP contribution in [0.1, 0.15) is 56.8 Å². The number of nitrogens with zero attached hydrogens (tertiary/aromatic N) is 3. The summed E-state index contributed by atoms with van der Waals surface area (Å²) >= 11 is 1.91. The number of thioether (sulfide) groups is 1. The van der Waals surface area contributed by atoms with Crippen molar-refractivity contribution in [1.82, 2.24) is 35.5 Å². The Balaban J connectivity index is 1.11. The number of hydrogen-bond acceptors (Lipinski definition) is 7. The Morgan fingerprint density at radius 1 is 0.933 bits per heavy atom. The van der Waals surface area contributed by atoms with Gasteiger partial charge in [0.15, 0.2) is 0 Å². The van der Waals surface area contributed by atoms with E-state index in [0.29, 0.717) is 11.8 Å². The molecule has 0 radical (unpaired) electrons. The minimum absolute atomic E-state index is 0.0784. The average molecular weight is 628 g/mol. The van der Waals surface area contributed by atoms with Crippen molar-refractivity contribution in [3.8, 4) is 33.6 Å². The van der Waals surface area contributed by atoms with Crippen molar-refractivity contribution in [3.63, 3.8) is 0 Å².